The number of halogens is 2. The van der Waals surface area contributed by atoms with Crippen LogP contribution in [0.3, 0.4) is 0 Å². The number of rotatable bonds is 3. The highest BCUT2D eigenvalue weighted by Gasteiger charge is 2.12. The van der Waals surface area contributed by atoms with Crippen molar-refractivity contribution in [3.05, 3.63) is 55.4 Å². The summed E-state index contributed by atoms with van der Waals surface area (Å²) >= 11 is 4.72. The molecule has 4 heteroatoms. The molecule has 0 N–H and O–H groups in total. The van der Waals surface area contributed by atoms with Crippen molar-refractivity contribution in [2.45, 2.75) is 20.3 Å². The fourth-order valence-electron chi connectivity index (χ4n) is 1.70. The minimum absolute atomic E-state index is 0.0358. The van der Waals surface area contributed by atoms with E-state index in [2.05, 4.69) is 15.9 Å². The van der Waals surface area contributed by atoms with Crippen LogP contribution in [-0.2, 0) is 6.42 Å². The van der Waals surface area contributed by atoms with E-state index in [4.69, 9.17) is 0 Å². The van der Waals surface area contributed by atoms with Crippen LogP contribution < -0.4 is 0 Å². The van der Waals surface area contributed by atoms with Crippen LogP contribution in [0.25, 0.3) is 0 Å². The Balaban J connectivity index is 2.21. The number of thiophene rings is 1. The van der Waals surface area contributed by atoms with Crippen LogP contribution in [0.2, 0.25) is 0 Å². The molecule has 18 heavy (non-hydrogen) atoms. The number of aryl methyl sites for hydroxylation is 2. The molecule has 0 aliphatic rings. The average Bonchev–Trinajstić information content (AvgIpc) is 2.57. The predicted octanol–water partition coefficient (Wildman–Crippen LogP) is 4.69. The van der Waals surface area contributed by atoms with E-state index in [0.717, 1.165) is 15.3 Å². The van der Waals surface area contributed by atoms with E-state index < -0.39 is 0 Å². The SMILES string of the molecule is Cc1cc(C(=O)Cc2cc(F)cc(Br)c2)sc1C. The number of Topliss-reactive ketones (excluding diaryl/α,β-unsaturated/α-hetero) is 1. The number of hydrogen-bond donors (Lipinski definition) is 0. The molecular weight excluding hydrogens is 315 g/mol. The van der Waals surface area contributed by atoms with Gasteiger partial charge in [-0.2, -0.15) is 0 Å². The fourth-order valence-corrected chi connectivity index (χ4v) is 3.18. The maximum atomic E-state index is 13.2. The van der Waals surface area contributed by atoms with Crippen molar-refractivity contribution in [1.29, 1.82) is 0 Å². The van der Waals surface area contributed by atoms with Gasteiger partial charge < -0.3 is 0 Å². The first-order valence-corrected chi connectivity index (χ1v) is 7.12. The molecular formula is C14H12BrFOS. The van der Waals surface area contributed by atoms with Crippen LogP contribution in [0.4, 0.5) is 4.39 Å². The zero-order chi connectivity index (χ0) is 13.3. The van der Waals surface area contributed by atoms with E-state index in [9.17, 15) is 9.18 Å². The molecule has 1 aromatic heterocycles. The van der Waals surface area contributed by atoms with Gasteiger partial charge >= 0.3 is 0 Å². The third kappa shape index (κ3) is 3.06. The second-order valence-electron chi connectivity index (χ2n) is 4.23. The van der Waals surface area contributed by atoms with Gasteiger partial charge in [0.2, 0.25) is 0 Å². The molecule has 1 nitrogen and oxygen atoms in total. The van der Waals surface area contributed by atoms with Crippen molar-refractivity contribution in [3.63, 3.8) is 0 Å². The first kappa shape index (κ1) is 13.4. The standard InChI is InChI=1S/C14H12BrFOS/c1-8-3-14(18-9(8)2)13(17)6-10-4-11(15)7-12(16)5-10/h3-5,7H,6H2,1-2H3. The molecule has 94 valence electrons. The largest absolute Gasteiger partial charge is 0.293 e. The lowest BCUT2D eigenvalue weighted by molar-refractivity contribution is 0.0996. The Morgan fingerprint density at radius 2 is 2.00 bits per heavy atom. The van der Waals surface area contributed by atoms with Crippen LogP contribution in [0.1, 0.15) is 25.7 Å². The molecule has 2 rings (SSSR count). The molecule has 0 saturated carbocycles. The van der Waals surface area contributed by atoms with E-state index in [1.165, 1.54) is 23.5 Å². The topological polar surface area (TPSA) is 17.1 Å². The summed E-state index contributed by atoms with van der Waals surface area (Å²) in [6, 6.07) is 6.45. The highest BCUT2D eigenvalue weighted by atomic mass is 79.9. The van der Waals surface area contributed by atoms with Crippen molar-refractivity contribution < 1.29 is 9.18 Å². The average molecular weight is 327 g/mol. The van der Waals surface area contributed by atoms with E-state index in [-0.39, 0.29) is 18.0 Å². The summed E-state index contributed by atoms with van der Waals surface area (Å²) in [5.74, 6) is -0.292. The van der Waals surface area contributed by atoms with Crippen molar-refractivity contribution in [1.82, 2.24) is 0 Å². The molecule has 0 aliphatic carbocycles. The third-order valence-electron chi connectivity index (χ3n) is 2.73. The molecule has 0 atom stereocenters. The van der Waals surface area contributed by atoms with E-state index in [0.29, 0.717) is 10.0 Å². The molecule has 1 aromatic carbocycles. The lowest BCUT2D eigenvalue weighted by Crippen LogP contribution is -2.01. The second-order valence-corrected chi connectivity index (χ2v) is 6.40. The van der Waals surface area contributed by atoms with Gasteiger partial charge in [-0.05, 0) is 49.2 Å². The van der Waals surface area contributed by atoms with Gasteiger partial charge in [0.1, 0.15) is 5.82 Å². The molecule has 0 spiro atoms. The first-order chi connectivity index (χ1) is 8.45. The smallest absolute Gasteiger partial charge is 0.177 e. The van der Waals surface area contributed by atoms with E-state index >= 15 is 0 Å². The van der Waals surface area contributed by atoms with E-state index in [1.807, 2.05) is 19.9 Å². The summed E-state index contributed by atoms with van der Waals surface area (Å²) in [6.07, 6.45) is 0.232. The molecule has 2 aromatic rings. The highest BCUT2D eigenvalue weighted by molar-refractivity contribution is 9.10. The third-order valence-corrected chi connectivity index (χ3v) is 4.38. The summed E-state index contributed by atoms with van der Waals surface area (Å²) in [7, 11) is 0. The second kappa shape index (κ2) is 5.33. The summed E-state index contributed by atoms with van der Waals surface area (Å²) < 4.78 is 13.9. The number of hydrogen-bond acceptors (Lipinski definition) is 2. The summed E-state index contributed by atoms with van der Waals surface area (Å²) in [5.41, 5.74) is 1.82. The van der Waals surface area contributed by atoms with Gasteiger partial charge in [0.15, 0.2) is 5.78 Å². The quantitative estimate of drug-likeness (QED) is 0.747. The first-order valence-electron chi connectivity index (χ1n) is 5.51. The Morgan fingerprint density at radius 3 is 2.56 bits per heavy atom. The zero-order valence-corrected chi connectivity index (χ0v) is 12.5. The molecule has 1 heterocycles. The maximum absolute atomic E-state index is 13.2. The Morgan fingerprint density at radius 1 is 1.28 bits per heavy atom. The van der Waals surface area contributed by atoms with Gasteiger partial charge in [-0.25, -0.2) is 4.39 Å². The Labute approximate surface area is 118 Å². The van der Waals surface area contributed by atoms with Gasteiger partial charge in [0, 0.05) is 15.8 Å². The van der Waals surface area contributed by atoms with E-state index in [1.54, 1.807) is 6.07 Å². The van der Waals surface area contributed by atoms with Gasteiger partial charge in [-0.3, -0.25) is 4.79 Å². The van der Waals surface area contributed by atoms with Gasteiger partial charge in [-0.15, -0.1) is 11.3 Å². The molecule has 0 saturated heterocycles. The molecule has 0 aliphatic heterocycles. The molecule has 0 fully saturated rings. The maximum Gasteiger partial charge on any atom is 0.177 e. The molecule has 0 unspecified atom stereocenters. The number of benzene rings is 1. The van der Waals surface area contributed by atoms with Gasteiger partial charge in [-0.1, -0.05) is 15.9 Å². The fraction of sp³-hybridized carbons (Fsp3) is 0.214. The molecule has 0 bridgehead atoms. The number of carbonyl (C=O) groups is 1. The Bertz CT molecular complexity index is 564. The van der Waals surface area contributed by atoms with Crippen LogP contribution >= 0.6 is 27.3 Å². The van der Waals surface area contributed by atoms with Crippen molar-refractivity contribution in [2.24, 2.45) is 0 Å². The minimum atomic E-state index is -0.328. The minimum Gasteiger partial charge on any atom is -0.293 e. The van der Waals surface area contributed by atoms with Crippen LogP contribution in [0, 0.1) is 19.7 Å². The van der Waals surface area contributed by atoms with Crippen molar-refractivity contribution in [2.75, 3.05) is 0 Å². The Hall–Kier alpha value is -1.000. The van der Waals surface area contributed by atoms with Crippen LogP contribution in [0.15, 0.2) is 28.7 Å². The zero-order valence-electron chi connectivity index (χ0n) is 10.1. The monoisotopic (exact) mass is 326 g/mol. The Kier molecular flexibility index (Phi) is 3.97. The lowest BCUT2D eigenvalue weighted by atomic mass is 10.1. The summed E-state index contributed by atoms with van der Waals surface area (Å²) in [5, 5.41) is 0. The van der Waals surface area contributed by atoms with Gasteiger partial charge in [0.05, 0.1) is 4.88 Å². The predicted molar refractivity (Wildman–Crippen MR) is 75.9 cm³/mol. The molecule has 0 radical (unpaired) electrons. The molecule has 0 amide bonds. The van der Waals surface area contributed by atoms with Crippen molar-refractivity contribution in [3.8, 4) is 0 Å². The lowest BCUT2D eigenvalue weighted by Gasteiger charge is -2.01. The normalized spacial score (nSPS) is 10.7. The highest BCUT2D eigenvalue weighted by Crippen LogP contribution is 2.23. The van der Waals surface area contributed by atoms with Crippen LogP contribution in [0.5, 0.6) is 0 Å². The number of ketones is 1. The van der Waals surface area contributed by atoms with Gasteiger partial charge in [0.25, 0.3) is 0 Å². The summed E-state index contributed by atoms with van der Waals surface area (Å²) in [4.78, 5) is 14.0. The van der Waals surface area contributed by atoms with Crippen molar-refractivity contribution >= 4 is 33.0 Å². The summed E-state index contributed by atoms with van der Waals surface area (Å²) in [6.45, 7) is 3.98. The van der Waals surface area contributed by atoms with Crippen LogP contribution in [-0.4, -0.2) is 5.78 Å². The number of carbonyl (C=O) groups excluding carboxylic acids is 1.